The second kappa shape index (κ2) is 8.40. The molecule has 2 heterocycles. The van der Waals surface area contributed by atoms with Crippen LogP contribution in [0, 0.1) is 0 Å². The highest BCUT2D eigenvalue weighted by Crippen LogP contribution is 2.37. The molecule has 33 heavy (non-hydrogen) atoms. The second-order valence-electron chi connectivity index (χ2n) is 7.56. The molecule has 0 unspecified atom stereocenters. The summed E-state index contributed by atoms with van der Waals surface area (Å²) in [6.07, 6.45) is 1.71. The molecule has 0 atom stereocenters. The lowest BCUT2D eigenvalue weighted by Crippen LogP contribution is -2.13. The summed E-state index contributed by atoms with van der Waals surface area (Å²) in [5.74, 6) is 0.00105. The van der Waals surface area contributed by atoms with E-state index in [0.717, 1.165) is 26.7 Å². The van der Waals surface area contributed by atoms with Crippen LogP contribution in [0.2, 0.25) is 0 Å². The lowest BCUT2D eigenvalue weighted by Gasteiger charge is -2.13. The number of benzene rings is 3. The van der Waals surface area contributed by atoms with Gasteiger partial charge in [0.15, 0.2) is 0 Å². The molecule has 7 nitrogen and oxygen atoms in total. The normalized spacial score (nSPS) is 11.0. The largest absolute Gasteiger partial charge is 0.495 e. The van der Waals surface area contributed by atoms with Crippen molar-refractivity contribution in [1.29, 1.82) is 0 Å². The monoisotopic (exact) mass is 456 g/mol. The van der Waals surface area contributed by atoms with Crippen LogP contribution in [-0.2, 0) is 4.79 Å². The van der Waals surface area contributed by atoms with Crippen molar-refractivity contribution in [2.24, 2.45) is 0 Å². The highest BCUT2D eigenvalue weighted by atomic mass is 32.1. The van der Waals surface area contributed by atoms with Gasteiger partial charge >= 0.3 is 0 Å². The number of carbonyl (C=O) groups is 2. The Morgan fingerprint density at radius 2 is 1.85 bits per heavy atom. The molecular weight excluding hydrogens is 436 g/mol. The van der Waals surface area contributed by atoms with Crippen molar-refractivity contribution < 1.29 is 14.3 Å². The number of aromatic nitrogens is 2. The average Bonchev–Trinajstić information content (AvgIpc) is 3.45. The SMILES string of the molecule is COc1ccc(NC(C)=O)cc1NC(=O)c1cc(-c2cc3ccccc3s2)c2[nH]ncc2c1. The topological polar surface area (TPSA) is 96.1 Å². The Hall–Kier alpha value is -4.17. The predicted octanol–water partition coefficient (Wildman–Crippen LogP) is 5.66. The summed E-state index contributed by atoms with van der Waals surface area (Å²) in [5.41, 5.74) is 3.31. The molecule has 8 heteroatoms. The van der Waals surface area contributed by atoms with Gasteiger partial charge in [-0.3, -0.25) is 14.7 Å². The van der Waals surface area contributed by atoms with E-state index in [-0.39, 0.29) is 11.8 Å². The first-order valence-electron chi connectivity index (χ1n) is 10.2. The predicted molar refractivity (Wildman–Crippen MR) is 132 cm³/mol. The number of aromatic amines is 1. The first kappa shape index (κ1) is 20.7. The number of rotatable bonds is 5. The third kappa shape index (κ3) is 4.04. The molecule has 0 saturated heterocycles. The summed E-state index contributed by atoms with van der Waals surface area (Å²) in [6, 6.07) is 19.1. The number of thiophene rings is 1. The second-order valence-corrected chi connectivity index (χ2v) is 8.64. The van der Waals surface area contributed by atoms with Gasteiger partial charge in [-0.1, -0.05) is 18.2 Å². The summed E-state index contributed by atoms with van der Waals surface area (Å²) in [4.78, 5) is 25.7. The summed E-state index contributed by atoms with van der Waals surface area (Å²) in [5, 5.41) is 14.9. The van der Waals surface area contributed by atoms with Crippen LogP contribution in [0.3, 0.4) is 0 Å². The molecule has 0 bridgehead atoms. The van der Waals surface area contributed by atoms with E-state index in [1.807, 2.05) is 18.2 Å². The minimum Gasteiger partial charge on any atom is -0.495 e. The number of nitrogens with zero attached hydrogens (tertiary/aromatic N) is 1. The zero-order chi connectivity index (χ0) is 22.9. The molecular formula is C25H20N4O3S. The van der Waals surface area contributed by atoms with E-state index < -0.39 is 0 Å². The van der Waals surface area contributed by atoms with Gasteiger partial charge < -0.3 is 15.4 Å². The number of methoxy groups -OCH3 is 1. The van der Waals surface area contributed by atoms with Crippen molar-refractivity contribution in [2.75, 3.05) is 17.7 Å². The zero-order valence-corrected chi connectivity index (χ0v) is 18.7. The molecule has 5 rings (SSSR count). The minimum atomic E-state index is -0.293. The van der Waals surface area contributed by atoms with Crippen LogP contribution in [0.1, 0.15) is 17.3 Å². The summed E-state index contributed by atoms with van der Waals surface area (Å²) < 4.78 is 6.56. The maximum absolute atomic E-state index is 13.3. The van der Waals surface area contributed by atoms with Crippen LogP contribution in [0.15, 0.2) is 66.9 Å². The van der Waals surface area contributed by atoms with E-state index in [1.165, 1.54) is 18.7 Å². The maximum atomic E-state index is 13.3. The van der Waals surface area contributed by atoms with Crippen LogP contribution in [0.5, 0.6) is 5.75 Å². The Bertz CT molecular complexity index is 1490. The molecule has 5 aromatic rings. The molecule has 164 valence electrons. The van der Waals surface area contributed by atoms with Crippen LogP contribution in [0.4, 0.5) is 11.4 Å². The molecule has 2 aromatic heterocycles. The van der Waals surface area contributed by atoms with Gasteiger partial charge in [-0.15, -0.1) is 11.3 Å². The molecule has 0 aliphatic rings. The van der Waals surface area contributed by atoms with Gasteiger partial charge in [0, 0.05) is 38.7 Å². The first-order chi connectivity index (χ1) is 16.0. The Balaban J connectivity index is 1.54. The van der Waals surface area contributed by atoms with Gasteiger partial charge in [-0.05, 0) is 47.9 Å². The number of H-pyrrole nitrogens is 1. The van der Waals surface area contributed by atoms with Crippen LogP contribution in [-0.4, -0.2) is 29.1 Å². The van der Waals surface area contributed by atoms with Crippen molar-refractivity contribution >= 4 is 55.5 Å². The molecule has 0 aliphatic carbocycles. The maximum Gasteiger partial charge on any atom is 0.255 e. The number of nitrogens with one attached hydrogen (secondary N) is 3. The number of hydrogen-bond acceptors (Lipinski definition) is 5. The van der Waals surface area contributed by atoms with Crippen LogP contribution < -0.4 is 15.4 Å². The van der Waals surface area contributed by atoms with Gasteiger partial charge in [0.2, 0.25) is 5.91 Å². The molecule has 0 saturated carbocycles. The fourth-order valence-corrected chi connectivity index (χ4v) is 4.86. The average molecular weight is 457 g/mol. The number of carbonyl (C=O) groups excluding carboxylic acids is 2. The fourth-order valence-electron chi connectivity index (χ4n) is 3.78. The van der Waals surface area contributed by atoms with E-state index in [0.29, 0.717) is 22.7 Å². The molecule has 0 spiro atoms. The third-order valence-electron chi connectivity index (χ3n) is 5.27. The fraction of sp³-hybridized carbons (Fsp3) is 0.0800. The zero-order valence-electron chi connectivity index (χ0n) is 17.9. The Kier molecular flexibility index (Phi) is 5.27. The number of anilines is 2. The minimum absolute atomic E-state index is 0.198. The van der Waals surface area contributed by atoms with Gasteiger partial charge in [0.1, 0.15) is 5.75 Å². The summed E-state index contributed by atoms with van der Waals surface area (Å²) in [6.45, 7) is 1.43. The van der Waals surface area contributed by atoms with Crippen molar-refractivity contribution in [3.63, 3.8) is 0 Å². The van der Waals surface area contributed by atoms with Gasteiger partial charge in [-0.25, -0.2) is 0 Å². The summed E-state index contributed by atoms with van der Waals surface area (Å²) >= 11 is 1.67. The van der Waals surface area contributed by atoms with Crippen molar-refractivity contribution in [2.45, 2.75) is 6.92 Å². The lowest BCUT2D eigenvalue weighted by atomic mass is 10.0. The van der Waals surface area contributed by atoms with E-state index >= 15 is 0 Å². The standard InChI is InChI=1S/C25H20N4O3S/c1-14(30)27-18-7-8-21(32-2)20(12-18)28-25(31)16-9-17-13-26-29-24(17)19(10-16)23-11-15-5-3-4-6-22(15)33-23/h3-13H,1-2H3,(H,26,29)(H,27,30)(H,28,31). The van der Waals surface area contributed by atoms with E-state index in [1.54, 1.807) is 41.8 Å². The molecule has 3 aromatic carbocycles. The highest BCUT2D eigenvalue weighted by molar-refractivity contribution is 7.22. The van der Waals surface area contributed by atoms with Crippen LogP contribution in [0.25, 0.3) is 31.4 Å². The molecule has 3 N–H and O–H groups in total. The lowest BCUT2D eigenvalue weighted by molar-refractivity contribution is -0.114. The molecule has 2 amide bonds. The molecule has 0 aliphatic heterocycles. The number of ether oxygens (including phenoxy) is 1. The number of hydrogen-bond donors (Lipinski definition) is 3. The molecule has 0 fully saturated rings. The molecule has 0 radical (unpaired) electrons. The van der Waals surface area contributed by atoms with Crippen molar-refractivity contribution in [1.82, 2.24) is 10.2 Å². The van der Waals surface area contributed by atoms with E-state index in [4.69, 9.17) is 4.74 Å². The highest BCUT2D eigenvalue weighted by Gasteiger charge is 2.17. The van der Waals surface area contributed by atoms with Gasteiger partial charge in [0.05, 0.1) is 24.5 Å². The van der Waals surface area contributed by atoms with Crippen LogP contribution >= 0.6 is 11.3 Å². The third-order valence-corrected chi connectivity index (χ3v) is 6.42. The van der Waals surface area contributed by atoms with Gasteiger partial charge in [-0.2, -0.15) is 5.10 Å². The Labute approximate surface area is 193 Å². The number of fused-ring (bicyclic) bond motifs is 2. The van der Waals surface area contributed by atoms with E-state index in [2.05, 4.69) is 39.0 Å². The van der Waals surface area contributed by atoms with Crippen molar-refractivity contribution in [3.8, 4) is 16.2 Å². The van der Waals surface area contributed by atoms with E-state index in [9.17, 15) is 9.59 Å². The quantitative estimate of drug-likeness (QED) is 0.318. The summed E-state index contributed by atoms with van der Waals surface area (Å²) in [7, 11) is 1.53. The smallest absolute Gasteiger partial charge is 0.255 e. The Morgan fingerprint density at radius 3 is 2.64 bits per heavy atom. The number of amides is 2. The first-order valence-corrected chi connectivity index (χ1v) is 11.1. The Morgan fingerprint density at radius 1 is 1.00 bits per heavy atom. The van der Waals surface area contributed by atoms with Gasteiger partial charge in [0.25, 0.3) is 5.91 Å². The van der Waals surface area contributed by atoms with Crippen molar-refractivity contribution in [3.05, 3.63) is 72.4 Å².